The summed E-state index contributed by atoms with van der Waals surface area (Å²) in [5.41, 5.74) is 2.89. The normalized spacial score (nSPS) is 14.8. The maximum absolute atomic E-state index is 12.9. The van der Waals surface area contributed by atoms with E-state index in [2.05, 4.69) is 11.1 Å². The third-order valence-corrected chi connectivity index (χ3v) is 6.98. The summed E-state index contributed by atoms with van der Waals surface area (Å²) in [5.74, 6) is -0.727. The van der Waals surface area contributed by atoms with Crippen molar-refractivity contribution >= 4 is 34.8 Å². The fourth-order valence-corrected chi connectivity index (χ4v) is 4.93. The minimum Gasteiger partial charge on any atom is -0.506 e. The number of aliphatic hydroxyl groups is 1. The van der Waals surface area contributed by atoms with Crippen molar-refractivity contribution in [1.82, 2.24) is 0 Å². The van der Waals surface area contributed by atoms with Crippen LogP contribution in [0.2, 0.25) is 0 Å². The van der Waals surface area contributed by atoms with Gasteiger partial charge in [-0.1, -0.05) is 54.2 Å². The predicted octanol–water partition coefficient (Wildman–Crippen LogP) is 6.16. The van der Waals surface area contributed by atoms with Gasteiger partial charge in [-0.05, 0) is 55.3 Å². The molecule has 0 unspecified atom stereocenters. The van der Waals surface area contributed by atoms with Crippen molar-refractivity contribution in [3.63, 3.8) is 0 Å². The second kappa shape index (κ2) is 12.8. The maximum atomic E-state index is 12.9. The molecule has 8 nitrogen and oxygen atoms in total. The van der Waals surface area contributed by atoms with E-state index < -0.39 is 11.9 Å². The first-order valence-electron chi connectivity index (χ1n) is 12.3. The molecule has 40 heavy (non-hydrogen) atoms. The standard InChI is InChI=1S/C31H26N2O6S/c1-4-38-31(36)27-28(34)26(40-30(27)33-29(35)23-12-8-5-9-19(23)2)16-20-13-14-24(25(15-20)37-3)39-18-22-11-7-6-10-21(22)17-32/h5-16,34H,4,18H2,1-3H3/b26-16-,33-30?. The summed E-state index contributed by atoms with van der Waals surface area (Å²) in [6, 6.07) is 21.5. The molecule has 0 aromatic heterocycles. The number of rotatable bonds is 8. The van der Waals surface area contributed by atoms with Gasteiger partial charge in [0.1, 0.15) is 23.0 Å². The molecule has 1 heterocycles. The number of amides is 1. The number of nitrogens with zero attached hydrogens (tertiary/aromatic N) is 2. The summed E-state index contributed by atoms with van der Waals surface area (Å²) in [5, 5.41) is 20.3. The van der Waals surface area contributed by atoms with Crippen molar-refractivity contribution in [2.75, 3.05) is 13.7 Å². The summed E-state index contributed by atoms with van der Waals surface area (Å²) >= 11 is 0.997. The molecule has 1 amide bonds. The molecule has 0 bridgehead atoms. The number of aliphatic imine (C=N–C) groups is 1. The van der Waals surface area contributed by atoms with Crippen molar-refractivity contribution in [3.8, 4) is 17.6 Å². The number of thioether (sulfide) groups is 1. The average molecular weight is 555 g/mol. The topological polar surface area (TPSA) is 118 Å². The number of esters is 1. The first-order valence-corrected chi connectivity index (χ1v) is 13.2. The molecule has 0 saturated carbocycles. The van der Waals surface area contributed by atoms with Crippen LogP contribution in [-0.2, 0) is 16.1 Å². The third-order valence-electron chi connectivity index (χ3n) is 5.96. The number of carbonyl (C=O) groups excluding carboxylic acids is 2. The van der Waals surface area contributed by atoms with Crippen LogP contribution in [0.3, 0.4) is 0 Å². The Kier molecular flexibility index (Phi) is 9.04. The molecule has 3 aromatic rings. The summed E-state index contributed by atoms with van der Waals surface area (Å²) < 4.78 is 16.5. The van der Waals surface area contributed by atoms with Crippen LogP contribution in [0.15, 0.2) is 88.0 Å². The summed E-state index contributed by atoms with van der Waals surface area (Å²) in [7, 11) is 1.50. The first-order chi connectivity index (χ1) is 19.4. The highest BCUT2D eigenvalue weighted by molar-refractivity contribution is 8.18. The van der Waals surface area contributed by atoms with Crippen LogP contribution in [0.4, 0.5) is 0 Å². The molecular formula is C31H26N2O6S. The Morgan fingerprint density at radius 3 is 2.55 bits per heavy atom. The van der Waals surface area contributed by atoms with Gasteiger partial charge in [-0.2, -0.15) is 5.26 Å². The van der Waals surface area contributed by atoms with Crippen LogP contribution in [0.1, 0.15) is 39.5 Å². The maximum Gasteiger partial charge on any atom is 0.344 e. The molecule has 1 aliphatic heterocycles. The van der Waals surface area contributed by atoms with Gasteiger partial charge in [0.2, 0.25) is 0 Å². The molecule has 0 atom stereocenters. The van der Waals surface area contributed by atoms with Crippen LogP contribution in [0.5, 0.6) is 11.5 Å². The predicted molar refractivity (Wildman–Crippen MR) is 153 cm³/mol. The fraction of sp³-hybridized carbons (Fsp3) is 0.161. The molecule has 0 radical (unpaired) electrons. The fourth-order valence-electron chi connectivity index (χ4n) is 3.91. The van der Waals surface area contributed by atoms with E-state index >= 15 is 0 Å². The lowest BCUT2D eigenvalue weighted by atomic mass is 10.1. The smallest absolute Gasteiger partial charge is 0.344 e. The summed E-state index contributed by atoms with van der Waals surface area (Å²) in [6.45, 7) is 3.72. The number of benzene rings is 3. The Labute approximate surface area is 236 Å². The molecule has 0 spiro atoms. The first kappa shape index (κ1) is 28.2. The van der Waals surface area contributed by atoms with Crippen LogP contribution >= 0.6 is 11.8 Å². The Hall–Kier alpha value is -4.81. The monoisotopic (exact) mass is 554 g/mol. The summed E-state index contributed by atoms with van der Waals surface area (Å²) in [6.07, 6.45) is 1.65. The highest BCUT2D eigenvalue weighted by atomic mass is 32.2. The molecule has 0 fully saturated rings. The van der Waals surface area contributed by atoms with Crippen LogP contribution in [0.25, 0.3) is 6.08 Å². The number of hydrogen-bond donors (Lipinski definition) is 1. The van der Waals surface area contributed by atoms with Gasteiger partial charge in [-0.15, -0.1) is 0 Å². The molecule has 0 aliphatic carbocycles. The van der Waals surface area contributed by atoms with E-state index in [1.165, 1.54) is 7.11 Å². The lowest BCUT2D eigenvalue weighted by Gasteiger charge is -2.12. The van der Waals surface area contributed by atoms with E-state index in [0.29, 0.717) is 33.1 Å². The molecule has 0 saturated heterocycles. The van der Waals surface area contributed by atoms with E-state index in [0.717, 1.165) is 22.9 Å². The molecule has 202 valence electrons. The van der Waals surface area contributed by atoms with Gasteiger partial charge >= 0.3 is 5.97 Å². The molecule has 9 heteroatoms. The molecular weight excluding hydrogens is 528 g/mol. The van der Waals surface area contributed by atoms with Crippen molar-refractivity contribution in [2.24, 2.45) is 4.99 Å². The van der Waals surface area contributed by atoms with Crippen molar-refractivity contribution in [1.29, 1.82) is 5.26 Å². The van der Waals surface area contributed by atoms with Crippen LogP contribution in [-0.4, -0.2) is 35.7 Å². The van der Waals surface area contributed by atoms with Gasteiger partial charge < -0.3 is 19.3 Å². The highest BCUT2D eigenvalue weighted by Crippen LogP contribution is 2.40. The summed E-state index contributed by atoms with van der Waals surface area (Å²) in [4.78, 5) is 30.1. The van der Waals surface area contributed by atoms with Gasteiger partial charge in [-0.25, -0.2) is 9.79 Å². The number of aryl methyl sites for hydroxylation is 1. The van der Waals surface area contributed by atoms with Gasteiger partial charge in [0, 0.05) is 11.1 Å². The number of aliphatic hydroxyl groups excluding tert-OH is 1. The largest absolute Gasteiger partial charge is 0.506 e. The highest BCUT2D eigenvalue weighted by Gasteiger charge is 2.34. The second-order valence-electron chi connectivity index (χ2n) is 8.56. The van der Waals surface area contributed by atoms with E-state index in [1.54, 1.807) is 68.5 Å². The molecule has 1 aliphatic rings. The van der Waals surface area contributed by atoms with Gasteiger partial charge in [-0.3, -0.25) is 4.79 Å². The Balaban J connectivity index is 1.63. The zero-order valence-corrected chi connectivity index (χ0v) is 23.0. The Morgan fingerprint density at radius 2 is 1.82 bits per heavy atom. The van der Waals surface area contributed by atoms with E-state index in [4.69, 9.17) is 14.2 Å². The van der Waals surface area contributed by atoms with Crippen LogP contribution in [0, 0.1) is 18.3 Å². The van der Waals surface area contributed by atoms with E-state index in [-0.39, 0.29) is 29.6 Å². The van der Waals surface area contributed by atoms with Crippen molar-refractivity contribution in [2.45, 2.75) is 20.5 Å². The van der Waals surface area contributed by atoms with E-state index in [1.807, 2.05) is 18.2 Å². The van der Waals surface area contributed by atoms with Gasteiger partial charge in [0.15, 0.2) is 11.5 Å². The lowest BCUT2D eigenvalue weighted by Crippen LogP contribution is -2.14. The van der Waals surface area contributed by atoms with E-state index in [9.17, 15) is 20.0 Å². The van der Waals surface area contributed by atoms with Crippen molar-refractivity contribution in [3.05, 3.63) is 111 Å². The minimum absolute atomic E-state index is 0.0542. The number of hydrogen-bond acceptors (Lipinski definition) is 8. The number of nitriles is 1. The third kappa shape index (κ3) is 6.25. The number of carbonyl (C=O) groups is 2. The zero-order valence-electron chi connectivity index (χ0n) is 22.1. The quantitative estimate of drug-likeness (QED) is 0.329. The Bertz CT molecular complexity index is 1600. The number of ether oxygens (including phenoxy) is 3. The van der Waals surface area contributed by atoms with Gasteiger partial charge in [0.05, 0.1) is 30.3 Å². The zero-order chi connectivity index (χ0) is 28.6. The average Bonchev–Trinajstić information content (AvgIpc) is 3.26. The molecule has 3 aromatic carbocycles. The minimum atomic E-state index is -0.772. The van der Waals surface area contributed by atoms with Crippen molar-refractivity contribution < 1.29 is 28.9 Å². The molecule has 4 rings (SSSR count). The SMILES string of the molecule is CCOC(=O)C1=C(O)/C(=C/c2ccc(OCc3ccccc3C#N)c(OC)c2)SC1=NC(=O)c1ccccc1C. The number of methoxy groups -OCH3 is 1. The Morgan fingerprint density at radius 1 is 1.07 bits per heavy atom. The van der Waals surface area contributed by atoms with Crippen LogP contribution < -0.4 is 9.47 Å². The van der Waals surface area contributed by atoms with Gasteiger partial charge in [0.25, 0.3) is 5.91 Å². The lowest BCUT2D eigenvalue weighted by molar-refractivity contribution is -0.138. The second-order valence-corrected chi connectivity index (χ2v) is 9.59. The molecule has 1 N–H and O–H groups in total.